The highest BCUT2D eigenvalue weighted by molar-refractivity contribution is 8.02. The Morgan fingerprint density at radius 3 is 2.60 bits per heavy atom. The second kappa shape index (κ2) is 10.9. The van der Waals surface area contributed by atoms with Gasteiger partial charge in [-0.3, -0.25) is 0 Å². The van der Waals surface area contributed by atoms with Crippen molar-refractivity contribution < 1.29 is 9.84 Å². The zero-order valence-corrected chi connectivity index (χ0v) is 13.4. The molecule has 0 fully saturated rings. The van der Waals surface area contributed by atoms with Crippen molar-refractivity contribution in [2.24, 2.45) is 0 Å². The topological polar surface area (TPSA) is 53.2 Å². The largest absolute Gasteiger partial charge is 0.491 e. The van der Waals surface area contributed by atoms with Crippen LogP contribution in [0.25, 0.3) is 0 Å². The maximum absolute atomic E-state index is 9.81. The highest BCUT2D eigenvalue weighted by Crippen LogP contribution is 2.14. The smallest absolute Gasteiger partial charge is 0.119 e. The summed E-state index contributed by atoms with van der Waals surface area (Å²) < 4.78 is 5.53. The molecule has 0 unspecified atom stereocenters. The zero-order valence-electron chi connectivity index (χ0n) is 11.7. The fraction of sp³-hybridized carbons (Fsp3) is 0.533. The predicted octanol–water partition coefficient (Wildman–Crippen LogP) is 2.98. The maximum atomic E-state index is 9.81. The monoisotopic (exact) mass is 311 g/mol. The van der Waals surface area contributed by atoms with Gasteiger partial charge in [-0.2, -0.15) is 28.8 Å². The molecule has 20 heavy (non-hydrogen) atoms. The Labute approximate surface area is 129 Å². The molecule has 110 valence electrons. The second-order valence-corrected chi connectivity index (χ2v) is 6.76. The molecular weight excluding hydrogens is 290 g/mol. The van der Waals surface area contributed by atoms with Crippen molar-refractivity contribution in [2.45, 2.75) is 19.4 Å². The van der Waals surface area contributed by atoms with Crippen LogP contribution in [0.2, 0.25) is 0 Å². The number of hydrogen-bond donors (Lipinski definition) is 1. The fourth-order valence-electron chi connectivity index (χ4n) is 1.52. The summed E-state index contributed by atoms with van der Waals surface area (Å²) in [6, 6.07) is 9.53. The van der Waals surface area contributed by atoms with Crippen molar-refractivity contribution in [1.29, 1.82) is 5.26 Å². The van der Waals surface area contributed by atoms with E-state index in [9.17, 15) is 5.11 Å². The molecule has 0 spiro atoms. The van der Waals surface area contributed by atoms with Gasteiger partial charge in [0.2, 0.25) is 0 Å². The standard InChI is InChI=1S/C15H21NO2S2/c1-2-19-9-10-20-12-14(17)11-18-15-5-3-13(4-6-15)7-8-16/h3-6,14,17H,2,7,9-12H2,1H3/t14-/m0/s1. The van der Waals surface area contributed by atoms with Gasteiger partial charge in [-0.1, -0.05) is 19.1 Å². The van der Waals surface area contributed by atoms with Crippen LogP contribution in [0.1, 0.15) is 12.5 Å². The van der Waals surface area contributed by atoms with Crippen LogP contribution in [0.5, 0.6) is 5.75 Å². The zero-order chi connectivity index (χ0) is 14.6. The first kappa shape index (κ1) is 17.2. The van der Waals surface area contributed by atoms with E-state index >= 15 is 0 Å². The van der Waals surface area contributed by atoms with Gasteiger partial charge in [-0.25, -0.2) is 0 Å². The fourth-order valence-corrected chi connectivity index (χ4v) is 3.28. The Morgan fingerprint density at radius 1 is 1.25 bits per heavy atom. The van der Waals surface area contributed by atoms with Crippen LogP contribution in [0.3, 0.4) is 0 Å². The number of hydrogen-bond acceptors (Lipinski definition) is 5. The van der Waals surface area contributed by atoms with E-state index in [2.05, 4.69) is 13.0 Å². The average molecular weight is 311 g/mol. The molecule has 0 aliphatic carbocycles. The molecular formula is C15H21NO2S2. The van der Waals surface area contributed by atoms with E-state index < -0.39 is 6.10 Å². The van der Waals surface area contributed by atoms with E-state index in [0.717, 1.165) is 28.6 Å². The molecule has 0 heterocycles. The molecule has 0 aliphatic rings. The van der Waals surface area contributed by atoms with Crippen LogP contribution in [0.4, 0.5) is 0 Å². The molecule has 1 aromatic rings. The van der Waals surface area contributed by atoms with Crippen LogP contribution >= 0.6 is 23.5 Å². The van der Waals surface area contributed by atoms with E-state index in [4.69, 9.17) is 10.00 Å². The van der Waals surface area contributed by atoms with Gasteiger partial charge in [-0.05, 0) is 23.4 Å². The van der Waals surface area contributed by atoms with Crippen molar-refractivity contribution >= 4 is 23.5 Å². The molecule has 0 radical (unpaired) electrons. The first-order valence-corrected chi connectivity index (χ1v) is 8.99. The average Bonchev–Trinajstić information content (AvgIpc) is 2.47. The van der Waals surface area contributed by atoms with Crippen LogP contribution in [-0.2, 0) is 6.42 Å². The molecule has 0 bridgehead atoms. The number of aliphatic hydroxyl groups excluding tert-OH is 1. The lowest BCUT2D eigenvalue weighted by Gasteiger charge is -2.12. The molecule has 1 aromatic carbocycles. The van der Waals surface area contributed by atoms with Crippen molar-refractivity contribution in [3.8, 4) is 11.8 Å². The Kier molecular flexibility index (Phi) is 9.38. The van der Waals surface area contributed by atoms with Crippen molar-refractivity contribution in [2.75, 3.05) is 29.6 Å². The number of thioether (sulfide) groups is 2. The summed E-state index contributed by atoms with van der Waals surface area (Å²) in [5.41, 5.74) is 0.976. The Balaban J connectivity index is 2.17. The second-order valence-electron chi connectivity index (χ2n) is 4.22. The number of ether oxygens (including phenoxy) is 1. The summed E-state index contributed by atoms with van der Waals surface area (Å²) in [6.07, 6.45) is -0.0274. The van der Waals surface area contributed by atoms with Gasteiger partial charge in [0.05, 0.1) is 18.6 Å². The summed E-state index contributed by atoms with van der Waals surface area (Å²) >= 11 is 3.68. The maximum Gasteiger partial charge on any atom is 0.119 e. The molecule has 1 atom stereocenters. The first-order chi connectivity index (χ1) is 9.76. The third-order valence-corrected chi connectivity index (χ3v) is 4.81. The summed E-state index contributed by atoms with van der Waals surface area (Å²) in [5, 5.41) is 18.4. The Hall–Kier alpha value is -0.830. The summed E-state index contributed by atoms with van der Waals surface area (Å²) in [5.74, 6) is 4.79. The third kappa shape index (κ3) is 7.68. The van der Waals surface area contributed by atoms with Gasteiger partial charge >= 0.3 is 0 Å². The predicted molar refractivity (Wildman–Crippen MR) is 87.6 cm³/mol. The van der Waals surface area contributed by atoms with Crippen molar-refractivity contribution in [3.05, 3.63) is 29.8 Å². The van der Waals surface area contributed by atoms with Gasteiger partial charge in [0.25, 0.3) is 0 Å². The van der Waals surface area contributed by atoms with E-state index in [1.54, 1.807) is 11.8 Å². The van der Waals surface area contributed by atoms with E-state index in [-0.39, 0.29) is 0 Å². The van der Waals surface area contributed by atoms with Gasteiger partial charge < -0.3 is 9.84 Å². The molecule has 0 saturated heterocycles. The minimum Gasteiger partial charge on any atom is -0.491 e. The highest BCUT2D eigenvalue weighted by Gasteiger charge is 2.05. The highest BCUT2D eigenvalue weighted by atomic mass is 32.2. The van der Waals surface area contributed by atoms with E-state index in [1.165, 1.54) is 0 Å². The van der Waals surface area contributed by atoms with Crippen LogP contribution in [-0.4, -0.2) is 40.8 Å². The third-order valence-electron chi connectivity index (χ3n) is 2.54. The molecule has 1 rings (SSSR count). The minimum absolute atomic E-state index is 0.311. The number of aliphatic hydroxyl groups is 1. The number of nitrogens with zero attached hydrogens (tertiary/aromatic N) is 1. The lowest BCUT2D eigenvalue weighted by atomic mass is 10.2. The summed E-state index contributed by atoms with van der Waals surface area (Å²) in [4.78, 5) is 0. The minimum atomic E-state index is -0.439. The molecule has 0 aromatic heterocycles. The first-order valence-electron chi connectivity index (χ1n) is 6.68. The normalized spacial score (nSPS) is 11.8. The lowest BCUT2D eigenvalue weighted by molar-refractivity contribution is 0.126. The van der Waals surface area contributed by atoms with Crippen LogP contribution < -0.4 is 4.74 Å². The molecule has 5 heteroatoms. The number of benzene rings is 1. The van der Waals surface area contributed by atoms with Crippen molar-refractivity contribution in [1.82, 2.24) is 0 Å². The Morgan fingerprint density at radius 2 is 1.95 bits per heavy atom. The van der Waals surface area contributed by atoms with Crippen molar-refractivity contribution in [3.63, 3.8) is 0 Å². The molecule has 0 amide bonds. The summed E-state index contributed by atoms with van der Waals surface area (Å²) in [6.45, 7) is 2.46. The van der Waals surface area contributed by atoms with E-state index in [1.807, 2.05) is 36.0 Å². The Bertz CT molecular complexity index is 403. The van der Waals surface area contributed by atoms with E-state index in [0.29, 0.717) is 18.8 Å². The van der Waals surface area contributed by atoms with Gasteiger partial charge in [0.15, 0.2) is 0 Å². The van der Waals surface area contributed by atoms with Gasteiger partial charge in [0.1, 0.15) is 12.4 Å². The number of rotatable bonds is 10. The molecule has 0 saturated carbocycles. The SMILES string of the molecule is CCSCCSC[C@@H](O)COc1ccc(CC#N)cc1. The lowest BCUT2D eigenvalue weighted by Crippen LogP contribution is -2.20. The number of nitriles is 1. The molecule has 1 N–H and O–H groups in total. The quantitative estimate of drug-likeness (QED) is 0.673. The van der Waals surface area contributed by atoms with Gasteiger partial charge in [0, 0.05) is 17.3 Å². The molecule has 3 nitrogen and oxygen atoms in total. The molecule has 0 aliphatic heterocycles. The van der Waals surface area contributed by atoms with Gasteiger partial charge in [-0.15, -0.1) is 0 Å². The van der Waals surface area contributed by atoms with Crippen LogP contribution in [0, 0.1) is 11.3 Å². The van der Waals surface area contributed by atoms with Crippen LogP contribution in [0.15, 0.2) is 24.3 Å². The summed E-state index contributed by atoms with van der Waals surface area (Å²) in [7, 11) is 0.